The number of sulfonamides is 1. The van der Waals surface area contributed by atoms with E-state index in [4.69, 9.17) is 4.74 Å². The van der Waals surface area contributed by atoms with Gasteiger partial charge in [0, 0.05) is 18.8 Å². The fraction of sp³-hybridized carbons (Fsp3) is 0.294. The molecule has 0 aliphatic carbocycles. The van der Waals surface area contributed by atoms with E-state index in [0.29, 0.717) is 12.3 Å². The SMILES string of the molecule is CN(CCOc1ccc(NS(C)(=O)=O)cc1)Cc1ccccc1. The van der Waals surface area contributed by atoms with Crippen molar-refractivity contribution in [3.63, 3.8) is 0 Å². The standard InChI is InChI=1S/C17H22N2O3S/c1-19(14-15-6-4-3-5-7-15)12-13-22-17-10-8-16(9-11-17)18-23(2,20)21/h3-11,18H,12-14H2,1-2H3. The van der Waals surface area contributed by atoms with Crippen LogP contribution in [0, 0.1) is 0 Å². The minimum Gasteiger partial charge on any atom is -0.492 e. The molecule has 0 aliphatic heterocycles. The highest BCUT2D eigenvalue weighted by molar-refractivity contribution is 7.92. The van der Waals surface area contributed by atoms with Gasteiger partial charge in [0.25, 0.3) is 0 Å². The van der Waals surface area contributed by atoms with Crippen molar-refractivity contribution < 1.29 is 13.2 Å². The summed E-state index contributed by atoms with van der Waals surface area (Å²) in [6, 6.07) is 17.2. The molecule has 1 N–H and O–H groups in total. The van der Waals surface area contributed by atoms with E-state index < -0.39 is 10.0 Å². The van der Waals surface area contributed by atoms with Crippen molar-refractivity contribution in [2.45, 2.75) is 6.54 Å². The molecule has 0 aliphatic rings. The lowest BCUT2D eigenvalue weighted by Gasteiger charge is -2.17. The van der Waals surface area contributed by atoms with Crippen molar-refractivity contribution in [3.8, 4) is 5.75 Å². The van der Waals surface area contributed by atoms with Gasteiger partial charge in [0.2, 0.25) is 10.0 Å². The topological polar surface area (TPSA) is 58.6 Å². The molecule has 124 valence electrons. The fourth-order valence-electron chi connectivity index (χ4n) is 2.13. The number of benzene rings is 2. The average Bonchev–Trinajstić information content (AvgIpc) is 2.48. The van der Waals surface area contributed by atoms with E-state index in [2.05, 4.69) is 28.8 Å². The molecule has 6 heteroatoms. The second-order valence-electron chi connectivity index (χ2n) is 5.47. The largest absolute Gasteiger partial charge is 0.492 e. The number of rotatable bonds is 8. The van der Waals surface area contributed by atoms with Crippen molar-refractivity contribution >= 4 is 15.7 Å². The van der Waals surface area contributed by atoms with Gasteiger partial charge in [-0.25, -0.2) is 8.42 Å². The number of nitrogens with zero attached hydrogens (tertiary/aromatic N) is 1. The molecule has 0 spiro atoms. The van der Waals surface area contributed by atoms with Crippen molar-refractivity contribution in [2.24, 2.45) is 0 Å². The molecule has 0 saturated carbocycles. The van der Waals surface area contributed by atoms with Crippen molar-refractivity contribution in [3.05, 3.63) is 60.2 Å². The molecular weight excluding hydrogens is 312 g/mol. The van der Waals surface area contributed by atoms with Crippen LogP contribution in [0.1, 0.15) is 5.56 Å². The summed E-state index contributed by atoms with van der Waals surface area (Å²) in [6.45, 7) is 2.25. The first-order valence-electron chi connectivity index (χ1n) is 7.35. The predicted molar refractivity (Wildman–Crippen MR) is 93.2 cm³/mol. The summed E-state index contributed by atoms with van der Waals surface area (Å²) in [5.74, 6) is 0.720. The summed E-state index contributed by atoms with van der Waals surface area (Å²) >= 11 is 0. The smallest absolute Gasteiger partial charge is 0.229 e. The summed E-state index contributed by atoms with van der Waals surface area (Å²) in [5.41, 5.74) is 1.80. The molecule has 0 radical (unpaired) electrons. The summed E-state index contributed by atoms with van der Waals surface area (Å²) in [5, 5.41) is 0. The molecule has 0 unspecified atom stereocenters. The third kappa shape index (κ3) is 6.71. The van der Waals surface area contributed by atoms with E-state index >= 15 is 0 Å². The summed E-state index contributed by atoms with van der Waals surface area (Å²) in [7, 11) is -1.19. The summed E-state index contributed by atoms with van der Waals surface area (Å²) in [4.78, 5) is 2.19. The fourth-order valence-corrected chi connectivity index (χ4v) is 2.69. The van der Waals surface area contributed by atoms with Gasteiger partial charge in [0.05, 0.1) is 6.26 Å². The predicted octanol–water partition coefficient (Wildman–Crippen LogP) is 2.57. The molecule has 2 aromatic rings. The molecule has 0 heterocycles. The van der Waals surface area contributed by atoms with Crippen molar-refractivity contribution in [1.29, 1.82) is 0 Å². The minimum absolute atomic E-state index is 0.529. The molecule has 2 aromatic carbocycles. The lowest BCUT2D eigenvalue weighted by Crippen LogP contribution is -2.23. The van der Waals surface area contributed by atoms with E-state index in [-0.39, 0.29) is 0 Å². The van der Waals surface area contributed by atoms with Gasteiger partial charge in [-0.15, -0.1) is 0 Å². The Morgan fingerprint density at radius 1 is 1.04 bits per heavy atom. The quantitative estimate of drug-likeness (QED) is 0.806. The Morgan fingerprint density at radius 2 is 1.70 bits per heavy atom. The second kappa shape index (κ2) is 7.99. The van der Waals surface area contributed by atoms with Crippen LogP contribution in [0.25, 0.3) is 0 Å². The molecule has 0 bridgehead atoms. The van der Waals surface area contributed by atoms with Crippen molar-refractivity contribution in [2.75, 3.05) is 31.2 Å². The first-order valence-corrected chi connectivity index (χ1v) is 9.25. The van der Waals surface area contributed by atoms with Gasteiger partial charge in [0.15, 0.2) is 0 Å². The summed E-state index contributed by atoms with van der Waals surface area (Å²) < 4.78 is 30.4. The highest BCUT2D eigenvalue weighted by Crippen LogP contribution is 2.16. The average molecular weight is 334 g/mol. The maximum atomic E-state index is 11.1. The number of nitrogens with one attached hydrogen (secondary N) is 1. The van der Waals surface area contributed by atoms with Gasteiger partial charge in [-0.2, -0.15) is 0 Å². The first kappa shape index (κ1) is 17.3. The van der Waals surface area contributed by atoms with Gasteiger partial charge in [0.1, 0.15) is 12.4 Å². The molecule has 0 saturated heterocycles. The molecular formula is C17H22N2O3S. The molecule has 0 fully saturated rings. The van der Waals surface area contributed by atoms with Gasteiger partial charge >= 0.3 is 0 Å². The molecule has 0 atom stereocenters. The highest BCUT2D eigenvalue weighted by atomic mass is 32.2. The van der Waals surface area contributed by atoms with E-state index in [1.54, 1.807) is 24.3 Å². The van der Waals surface area contributed by atoms with Crippen LogP contribution in [0.2, 0.25) is 0 Å². The van der Waals surface area contributed by atoms with Crippen LogP contribution in [0.15, 0.2) is 54.6 Å². The Kier molecular flexibility index (Phi) is 6.01. The number of hydrogen-bond donors (Lipinski definition) is 1. The highest BCUT2D eigenvalue weighted by Gasteiger charge is 2.03. The van der Waals surface area contributed by atoms with Crippen molar-refractivity contribution in [1.82, 2.24) is 4.90 Å². The van der Waals surface area contributed by atoms with Gasteiger partial charge in [-0.1, -0.05) is 30.3 Å². The normalized spacial score (nSPS) is 11.4. The number of anilines is 1. The van der Waals surface area contributed by atoms with Crippen LogP contribution in [0.4, 0.5) is 5.69 Å². The van der Waals surface area contributed by atoms with Crippen LogP contribution in [0.3, 0.4) is 0 Å². The Bertz CT molecular complexity index is 700. The third-order valence-corrected chi connectivity index (χ3v) is 3.80. The Labute approximate surface area is 137 Å². The van der Waals surface area contributed by atoms with Gasteiger partial charge in [-0.3, -0.25) is 9.62 Å². The summed E-state index contributed by atoms with van der Waals surface area (Å²) in [6.07, 6.45) is 1.12. The molecule has 2 rings (SSSR count). The maximum absolute atomic E-state index is 11.1. The zero-order valence-corrected chi connectivity index (χ0v) is 14.2. The zero-order chi connectivity index (χ0) is 16.7. The Hall–Kier alpha value is -2.05. The van der Waals surface area contributed by atoms with Gasteiger partial charge < -0.3 is 4.74 Å². The minimum atomic E-state index is -3.25. The van der Waals surface area contributed by atoms with Crippen LogP contribution < -0.4 is 9.46 Å². The lowest BCUT2D eigenvalue weighted by atomic mass is 10.2. The van der Waals surface area contributed by atoms with E-state index in [0.717, 1.165) is 25.1 Å². The molecule has 0 amide bonds. The first-order chi connectivity index (χ1) is 10.9. The van der Waals surface area contributed by atoms with E-state index in [1.807, 2.05) is 18.2 Å². The van der Waals surface area contributed by atoms with Crippen LogP contribution in [-0.2, 0) is 16.6 Å². The Balaban J connectivity index is 1.75. The van der Waals surface area contributed by atoms with Crippen LogP contribution in [0.5, 0.6) is 5.75 Å². The molecule has 23 heavy (non-hydrogen) atoms. The lowest BCUT2D eigenvalue weighted by molar-refractivity contribution is 0.233. The monoisotopic (exact) mass is 334 g/mol. The second-order valence-corrected chi connectivity index (χ2v) is 7.22. The van der Waals surface area contributed by atoms with Crippen LogP contribution >= 0.6 is 0 Å². The number of likely N-dealkylation sites (N-methyl/N-ethyl adjacent to an activating group) is 1. The number of ether oxygens (including phenoxy) is 1. The number of hydrogen-bond acceptors (Lipinski definition) is 4. The van der Waals surface area contributed by atoms with E-state index in [9.17, 15) is 8.42 Å². The molecule has 5 nitrogen and oxygen atoms in total. The third-order valence-electron chi connectivity index (χ3n) is 3.19. The molecule has 0 aromatic heterocycles. The van der Waals surface area contributed by atoms with Gasteiger partial charge in [-0.05, 0) is 36.9 Å². The zero-order valence-electron chi connectivity index (χ0n) is 13.4. The van der Waals surface area contributed by atoms with E-state index in [1.165, 1.54) is 5.56 Å². The van der Waals surface area contributed by atoms with Crippen LogP contribution in [-0.4, -0.2) is 39.8 Å². The maximum Gasteiger partial charge on any atom is 0.229 e. The Morgan fingerprint density at radius 3 is 2.30 bits per heavy atom.